The van der Waals surface area contributed by atoms with Gasteiger partial charge >= 0.3 is 6.18 Å². The Morgan fingerprint density at radius 1 is 1.29 bits per heavy atom. The zero-order chi connectivity index (χ0) is 16.5. The number of rotatable bonds is 5. The van der Waals surface area contributed by atoms with Crippen molar-refractivity contribution in [2.75, 3.05) is 13.2 Å². The van der Waals surface area contributed by atoms with Crippen molar-refractivity contribution in [2.24, 2.45) is 0 Å². The molecule has 0 heterocycles. The first-order valence-electron chi connectivity index (χ1n) is 5.90. The van der Waals surface area contributed by atoms with Gasteiger partial charge in [-0.1, -0.05) is 6.07 Å². The molecule has 9 heteroatoms. The summed E-state index contributed by atoms with van der Waals surface area (Å²) in [4.78, 5) is -0.522. The summed E-state index contributed by atoms with van der Waals surface area (Å²) in [5.74, 6) is 0. The maximum atomic E-state index is 12.8. The minimum atomic E-state index is -4.66. The van der Waals surface area contributed by atoms with Crippen LogP contribution >= 0.6 is 0 Å². The average molecular weight is 327 g/mol. The largest absolute Gasteiger partial charge is 0.416 e. The van der Waals surface area contributed by atoms with Crippen molar-refractivity contribution in [3.63, 3.8) is 0 Å². The van der Waals surface area contributed by atoms with E-state index in [1.165, 1.54) is 6.92 Å². The van der Waals surface area contributed by atoms with Gasteiger partial charge in [-0.05, 0) is 31.5 Å². The predicted molar refractivity (Wildman–Crippen MR) is 69.1 cm³/mol. The number of aliphatic hydroxyl groups is 2. The Morgan fingerprint density at radius 2 is 1.86 bits per heavy atom. The summed E-state index contributed by atoms with van der Waals surface area (Å²) in [6.45, 7) is 1.02. The Labute approximate surface area is 120 Å². The van der Waals surface area contributed by atoms with Crippen LogP contribution in [0.5, 0.6) is 0 Å². The Hall–Kier alpha value is -1.16. The van der Waals surface area contributed by atoms with Crippen molar-refractivity contribution >= 4 is 10.0 Å². The van der Waals surface area contributed by atoms with Crippen LogP contribution in [0.3, 0.4) is 0 Å². The summed E-state index contributed by atoms with van der Waals surface area (Å²) in [5, 5.41) is 18.4. The smallest absolute Gasteiger partial charge is 0.393 e. The summed E-state index contributed by atoms with van der Waals surface area (Å²) in [6.07, 6.45) is -4.66. The van der Waals surface area contributed by atoms with E-state index in [1.54, 1.807) is 0 Å². The molecule has 0 radical (unpaired) electrons. The van der Waals surface area contributed by atoms with E-state index in [9.17, 15) is 26.7 Å². The van der Waals surface area contributed by atoms with E-state index >= 15 is 0 Å². The molecule has 1 rings (SSSR count). The molecule has 1 unspecified atom stereocenters. The highest BCUT2D eigenvalue weighted by Gasteiger charge is 2.35. The Bertz CT molecular complexity index is 611. The van der Waals surface area contributed by atoms with Crippen molar-refractivity contribution in [3.8, 4) is 0 Å². The van der Waals surface area contributed by atoms with E-state index in [4.69, 9.17) is 5.11 Å². The minimum Gasteiger partial charge on any atom is -0.393 e. The minimum absolute atomic E-state index is 0.429. The van der Waals surface area contributed by atoms with Gasteiger partial charge in [-0.2, -0.15) is 13.2 Å². The molecule has 0 aliphatic heterocycles. The van der Waals surface area contributed by atoms with Gasteiger partial charge in [0.25, 0.3) is 0 Å². The van der Waals surface area contributed by atoms with Crippen LogP contribution in [0.25, 0.3) is 0 Å². The van der Waals surface area contributed by atoms with Crippen LogP contribution in [0.2, 0.25) is 0 Å². The second-order valence-electron chi connectivity index (χ2n) is 4.91. The van der Waals surface area contributed by atoms with E-state index < -0.39 is 51.0 Å². The van der Waals surface area contributed by atoms with Gasteiger partial charge in [-0.15, -0.1) is 0 Å². The van der Waals surface area contributed by atoms with Crippen LogP contribution in [0.1, 0.15) is 18.1 Å². The molecule has 0 fully saturated rings. The monoisotopic (exact) mass is 327 g/mol. The summed E-state index contributed by atoms with van der Waals surface area (Å²) in [7, 11) is -4.24. The third-order valence-electron chi connectivity index (χ3n) is 2.86. The van der Waals surface area contributed by atoms with E-state index in [0.29, 0.717) is 0 Å². The number of alkyl halides is 3. The molecule has 120 valence electrons. The lowest BCUT2D eigenvalue weighted by Gasteiger charge is -2.21. The van der Waals surface area contributed by atoms with Crippen LogP contribution in [-0.4, -0.2) is 37.4 Å². The first-order valence-corrected chi connectivity index (χ1v) is 7.39. The third-order valence-corrected chi connectivity index (χ3v) is 4.41. The van der Waals surface area contributed by atoms with Gasteiger partial charge in [0.15, 0.2) is 0 Å². The first-order chi connectivity index (χ1) is 9.41. The van der Waals surface area contributed by atoms with Crippen LogP contribution in [0, 0.1) is 6.92 Å². The molecule has 1 aromatic rings. The highest BCUT2D eigenvalue weighted by molar-refractivity contribution is 7.89. The van der Waals surface area contributed by atoms with E-state index in [-0.39, 0.29) is 0 Å². The lowest BCUT2D eigenvalue weighted by Crippen LogP contribution is -2.43. The summed E-state index contributed by atoms with van der Waals surface area (Å²) >= 11 is 0. The van der Waals surface area contributed by atoms with Gasteiger partial charge in [0.1, 0.15) is 0 Å². The maximum absolute atomic E-state index is 12.8. The fourth-order valence-corrected chi connectivity index (χ4v) is 3.02. The molecule has 21 heavy (non-hydrogen) atoms. The predicted octanol–water partition coefficient (Wildman–Crippen LogP) is 1.04. The highest BCUT2D eigenvalue weighted by Crippen LogP contribution is 2.34. The fourth-order valence-electron chi connectivity index (χ4n) is 1.60. The second-order valence-corrected chi connectivity index (χ2v) is 6.64. The van der Waals surface area contributed by atoms with Crippen LogP contribution < -0.4 is 4.72 Å². The molecule has 0 spiro atoms. The zero-order valence-corrected chi connectivity index (χ0v) is 12.2. The fraction of sp³-hybridized carbons (Fsp3) is 0.500. The molecule has 0 aromatic heterocycles. The SMILES string of the molecule is Cc1c(C(F)(F)F)cccc1S(=O)(=O)NCC(C)(O)CO. The number of aliphatic hydroxyl groups excluding tert-OH is 1. The van der Waals surface area contributed by atoms with Gasteiger partial charge in [-0.3, -0.25) is 0 Å². The topological polar surface area (TPSA) is 86.6 Å². The number of sulfonamides is 1. The highest BCUT2D eigenvalue weighted by atomic mass is 32.2. The van der Waals surface area contributed by atoms with E-state index in [0.717, 1.165) is 25.1 Å². The van der Waals surface area contributed by atoms with E-state index in [1.807, 2.05) is 4.72 Å². The lowest BCUT2D eigenvalue weighted by atomic mass is 10.1. The standard InChI is InChI=1S/C12H16F3NO4S/c1-8-9(12(13,14)15)4-3-5-10(8)21(19,20)16-6-11(2,18)7-17/h3-5,16-18H,6-7H2,1-2H3. The first kappa shape index (κ1) is 17.9. The summed E-state index contributed by atoms with van der Waals surface area (Å²) < 4.78 is 64.3. The maximum Gasteiger partial charge on any atom is 0.416 e. The van der Waals surface area contributed by atoms with Crippen molar-refractivity contribution < 1.29 is 31.8 Å². The van der Waals surface area contributed by atoms with Crippen molar-refractivity contribution in [1.29, 1.82) is 0 Å². The number of halogens is 3. The van der Waals surface area contributed by atoms with Crippen LogP contribution in [0.15, 0.2) is 23.1 Å². The zero-order valence-electron chi connectivity index (χ0n) is 11.4. The molecule has 0 aliphatic carbocycles. The normalized spacial score (nSPS) is 15.8. The molecule has 0 aliphatic rings. The van der Waals surface area contributed by atoms with Crippen molar-refractivity contribution in [3.05, 3.63) is 29.3 Å². The van der Waals surface area contributed by atoms with Crippen molar-refractivity contribution in [1.82, 2.24) is 4.72 Å². The number of nitrogens with one attached hydrogen (secondary N) is 1. The average Bonchev–Trinajstić information content (AvgIpc) is 2.35. The molecule has 1 aromatic carbocycles. The molecular weight excluding hydrogens is 311 g/mol. The van der Waals surface area contributed by atoms with Gasteiger partial charge in [0.05, 0.1) is 22.7 Å². The second kappa shape index (κ2) is 5.91. The summed E-state index contributed by atoms with van der Waals surface area (Å²) in [6, 6.07) is 2.83. The molecule has 0 amide bonds. The van der Waals surface area contributed by atoms with Gasteiger partial charge in [0.2, 0.25) is 10.0 Å². The molecule has 0 saturated heterocycles. The Morgan fingerprint density at radius 3 is 2.33 bits per heavy atom. The van der Waals surface area contributed by atoms with E-state index in [2.05, 4.69) is 0 Å². The van der Waals surface area contributed by atoms with Crippen LogP contribution in [-0.2, 0) is 16.2 Å². The Kier molecular flexibility index (Phi) is 5.04. The quantitative estimate of drug-likeness (QED) is 0.754. The third kappa shape index (κ3) is 4.40. The van der Waals surface area contributed by atoms with Gasteiger partial charge in [-0.25, -0.2) is 13.1 Å². The Balaban J connectivity index is 3.16. The number of benzene rings is 1. The summed E-state index contributed by atoms with van der Waals surface area (Å²) in [5.41, 5.74) is -3.18. The lowest BCUT2D eigenvalue weighted by molar-refractivity contribution is -0.138. The number of hydrogen-bond donors (Lipinski definition) is 3. The molecule has 0 saturated carbocycles. The molecular formula is C12H16F3NO4S. The van der Waals surface area contributed by atoms with Crippen LogP contribution in [0.4, 0.5) is 13.2 Å². The molecule has 1 atom stereocenters. The molecule has 0 bridgehead atoms. The van der Waals surface area contributed by atoms with Crippen molar-refractivity contribution in [2.45, 2.75) is 30.5 Å². The number of hydrogen-bond acceptors (Lipinski definition) is 4. The van der Waals surface area contributed by atoms with Gasteiger partial charge < -0.3 is 10.2 Å². The van der Waals surface area contributed by atoms with Gasteiger partial charge in [0, 0.05) is 6.54 Å². The molecule has 3 N–H and O–H groups in total. The molecule has 5 nitrogen and oxygen atoms in total.